The molecule has 0 bridgehead atoms. The van der Waals surface area contributed by atoms with E-state index in [0.717, 1.165) is 42.7 Å². The molecule has 2 atom stereocenters. The van der Waals surface area contributed by atoms with Crippen LogP contribution in [0.2, 0.25) is 0 Å². The van der Waals surface area contributed by atoms with Crippen LogP contribution in [0.25, 0.3) is 11.0 Å². The van der Waals surface area contributed by atoms with Gasteiger partial charge in [0, 0.05) is 31.7 Å². The predicted molar refractivity (Wildman–Crippen MR) is 94.6 cm³/mol. The van der Waals surface area contributed by atoms with Crippen molar-refractivity contribution in [3.05, 3.63) is 24.3 Å². The highest BCUT2D eigenvalue weighted by atomic mass is 16.5. The molecule has 0 aliphatic carbocycles. The van der Waals surface area contributed by atoms with E-state index in [1.807, 2.05) is 11.0 Å². The molecule has 2 saturated heterocycles. The van der Waals surface area contributed by atoms with Crippen LogP contribution in [0, 0.1) is 0 Å². The van der Waals surface area contributed by atoms with Gasteiger partial charge in [-0.2, -0.15) is 0 Å². The third-order valence-electron chi connectivity index (χ3n) is 5.37. The number of hydrogen-bond donors (Lipinski definition) is 1. The molecule has 8 heteroatoms. The van der Waals surface area contributed by atoms with E-state index in [1.54, 1.807) is 17.3 Å². The largest absolute Gasteiger partial charge is 0.453 e. The highest BCUT2D eigenvalue weighted by Crippen LogP contribution is 2.29. The zero-order valence-electron chi connectivity index (χ0n) is 14.9. The molecule has 8 nitrogen and oxygen atoms in total. The number of ether oxygens (including phenoxy) is 1. The van der Waals surface area contributed by atoms with Gasteiger partial charge in [-0.1, -0.05) is 0 Å². The second-order valence-electron chi connectivity index (χ2n) is 6.96. The van der Waals surface area contributed by atoms with Crippen molar-refractivity contribution < 1.29 is 14.3 Å². The fourth-order valence-corrected chi connectivity index (χ4v) is 4.04. The van der Waals surface area contributed by atoms with E-state index in [-0.39, 0.29) is 11.8 Å². The Labute approximate surface area is 151 Å². The van der Waals surface area contributed by atoms with Crippen LogP contribution >= 0.6 is 0 Å². The number of aromatic nitrogens is 3. The Morgan fingerprint density at radius 2 is 2.12 bits per heavy atom. The van der Waals surface area contributed by atoms with Crippen molar-refractivity contribution in [1.29, 1.82) is 0 Å². The molecule has 2 aliphatic rings. The Morgan fingerprint density at radius 1 is 1.27 bits per heavy atom. The molecule has 4 rings (SSSR count). The number of nitrogens with one attached hydrogen (secondary N) is 1. The lowest BCUT2D eigenvalue weighted by Gasteiger charge is -2.35. The number of imidazole rings is 1. The monoisotopic (exact) mass is 357 g/mol. The van der Waals surface area contributed by atoms with Gasteiger partial charge in [-0.05, 0) is 31.7 Å². The van der Waals surface area contributed by atoms with Crippen LogP contribution in [0.4, 0.5) is 4.79 Å². The molecule has 26 heavy (non-hydrogen) atoms. The van der Waals surface area contributed by atoms with Gasteiger partial charge in [0.2, 0.25) is 5.91 Å². The first kappa shape index (κ1) is 16.8. The Hall–Kier alpha value is -2.64. The quantitative estimate of drug-likeness (QED) is 0.886. The molecule has 2 amide bonds. The fraction of sp³-hybridized carbons (Fsp3) is 0.556. The number of aromatic amines is 1. The number of hydrogen-bond acceptors (Lipinski definition) is 5. The van der Waals surface area contributed by atoms with Gasteiger partial charge < -0.3 is 14.6 Å². The standard InChI is InChI=1S/C18H23N5O3/c1-26-18(25)23-9-3-5-15(23)17(24)22-8-2-4-12(11-22)16-20-13-6-7-19-10-14(13)21-16/h6-7,10,12,15H,2-5,8-9,11H2,1H3,(H,20,21)/t12?,15-/m1/s1. The smallest absolute Gasteiger partial charge is 0.410 e. The number of nitrogens with zero attached hydrogens (tertiary/aromatic N) is 4. The van der Waals surface area contributed by atoms with Gasteiger partial charge in [0.25, 0.3) is 0 Å². The van der Waals surface area contributed by atoms with Gasteiger partial charge in [-0.3, -0.25) is 14.7 Å². The summed E-state index contributed by atoms with van der Waals surface area (Å²) in [6.07, 6.45) is 6.53. The van der Waals surface area contributed by atoms with Crippen LogP contribution in [0.15, 0.2) is 18.5 Å². The summed E-state index contributed by atoms with van der Waals surface area (Å²) in [4.78, 5) is 40.5. The summed E-state index contributed by atoms with van der Waals surface area (Å²) >= 11 is 0. The number of fused-ring (bicyclic) bond motifs is 1. The second kappa shape index (κ2) is 6.93. The van der Waals surface area contributed by atoms with Crippen molar-refractivity contribution in [3.8, 4) is 0 Å². The first-order valence-electron chi connectivity index (χ1n) is 9.10. The van der Waals surface area contributed by atoms with Crippen LogP contribution < -0.4 is 0 Å². The number of likely N-dealkylation sites (tertiary alicyclic amines) is 2. The Balaban J connectivity index is 1.49. The van der Waals surface area contributed by atoms with Gasteiger partial charge >= 0.3 is 6.09 Å². The molecular formula is C18H23N5O3. The molecule has 0 aromatic carbocycles. The van der Waals surface area contributed by atoms with Crippen LogP contribution in [0.1, 0.15) is 37.4 Å². The normalized spacial score (nSPS) is 23.4. The van der Waals surface area contributed by atoms with Crippen molar-refractivity contribution in [1.82, 2.24) is 24.8 Å². The van der Waals surface area contributed by atoms with Gasteiger partial charge in [-0.15, -0.1) is 0 Å². The number of methoxy groups -OCH3 is 1. The van der Waals surface area contributed by atoms with Crippen LogP contribution in [-0.4, -0.2) is 69.5 Å². The maximum atomic E-state index is 13.0. The Kier molecular flexibility index (Phi) is 4.48. The molecule has 1 unspecified atom stereocenters. The minimum absolute atomic E-state index is 0.0235. The lowest BCUT2D eigenvalue weighted by Crippen LogP contribution is -2.50. The van der Waals surface area contributed by atoms with E-state index >= 15 is 0 Å². The lowest BCUT2D eigenvalue weighted by atomic mass is 9.96. The highest BCUT2D eigenvalue weighted by Gasteiger charge is 2.38. The van der Waals surface area contributed by atoms with Crippen LogP contribution in [0.5, 0.6) is 0 Å². The van der Waals surface area contributed by atoms with Crippen LogP contribution in [0.3, 0.4) is 0 Å². The van der Waals surface area contributed by atoms with Crippen molar-refractivity contribution in [3.63, 3.8) is 0 Å². The molecule has 0 spiro atoms. The molecule has 2 fully saturated rings. The summed E-state index contributed by atoms with van der Waals surface area (Å²) in [6.45, 7) is 1.93. The minimum Gasteiger partial charge on any atom is -0.453 e. The van der Waals surface area contributed by atoms with Crippen molar-refractivity contribution in [2.45, 2.75) is 37.6 Å². The van der Waals surface area contributed by atoms with E-state index in [2.05, 4.69) is 15.0 Å². The highest BCUT2D eigenvalue weighted by molar-refractivity contribution is 5.86. The van der Waals surface area contributed by atoms with Gasteiger partial charge in [0.1, 0.15) is 11.9 Å². The molecule has 2 aliphatic heterocycles. The summed E-state index contributed by atoms with van der Waals surface area (Å²) in [7, 11) is 1.36. The topological polar surface area (TPSA) is 91.4 Å². The molecule has 2 aromatic rings. The van der Waals surface area contributed by atoms with E-state index in [9.17, 15) is 9.59 Å². The third-order valence-corrected chi connectivity index (χ3v) is 5.37. The molecule has 0 radical (unpaired) electrons. The van der Waals surface area contributed by atoms with E-state index < -0.39 is 12.1 Å². The number of carbonyl (C=O) groups excluding carboxylic acids is 2. The number of pyridine rings is 1. The van der Waals surface area contributed by atoms with Crippen molar-refractivity contribution in [2.75, 3.05) is 26.7 Å². The van der Waals surface area contributed by atoms with Crippen molar-refractivity contribution >= 4 is 23.0 Å². The van der Waals surface area contributed by atoms with Gasteiger partial charge in [-0.25, -0.2) is 9.78 Å². The average molecular weight is 357 g/mol. The molecule has 138 valence electrons. The lowest BCUT2D eigenvalue weighted by molar-refractivity contribution is -0.136. The summed E-state index contributed by atoms with van der Waals surface area (Å²) in [5, 5.41) is 0. The van der Waals surface area contributed by atoms with Crippen LogP contribution in [-0.2, 0) is 9.53 Å². The van der Waals surface area contributed by atoms with Crippen molar-refractivity contribution in [2.24, 2.45) is 0 Å². The van der Waals surface area contributed by atoms with E-state index in [1.165, 1.54) is 7.11 Å². The van der Waals surface area contributed by atoms with E-state index in [4.69, 9.17) is 4.74 Å². The molecule has 2 aromatic heterocycles. The number of piperidine rings is 1. The Morgan fingerprint density at radius 3 is 2.92 bits per heavy atom. The first-order valence-corrected chi connectivity index (χ1v) is 9.10. The Bertz CT molecular complexity index is 787. The summed E-state index contributed by atoms with van der Waals surface area (Å²) in [6, 6.07) is 1.48. The summed E-state index contributed by atoms with van der Waals surface area (Å²) in [5.74, 6) is 1.10. The molecular weight excluding hydrogens is 334 g/mol. The first-order chi connectivity index (χ1) is 12.7. The maximum absolute atomic E-state index is 13.0. The zero-order chi connectivity index (χ0) is 18.1. The minimum atomic E-state index is -0.417. The molecule has 1 N–H and O–H groups in total. The number of carbonyl (C=O) groups is 2. The predicted octanol–water partition coefficient (Wildman–Crippen LogP) is 1.89. The summed E-state index contributed by atoms with van der Waals surface area (Å²) in [5.41, 5.74) is 1.81. The average Bonchev–Trinajstić information content (AvgIpc) is 3.33. The van der Waals surface area contributed by atoms with Gasteiger partial charge in [0.15, 0.2) is 0 Å². The van der Waals surface area contributed by atoms with Gasteiger partial charge in [0.05, 0.1) is 24.3 Å². The maximum Gasteiger partial charge on any atom is 0.410 e. The summed E-state index contributed by atoms with van der Waals surface area (Å²) < 4.78 is 4.82. The zero-order valence-corrected chi connectivity index (χ0v) is 14.9. The molecule has 4 heterocycles. The van der Waals surface area contributed by atoms with E-state index in [0.29, 0.717) is 19.5 Å². The number of amides is 2. The third kappa shape index (κ3) is 3.00. The SMILES string of the molecule is COC(=O)N1CCC[C@@H]1C(=O)N1CCCC(c2nc3ccncc3[nH]2)C1. The number of H-pyrrole nitrogens is 1. The second-order valence-corrected chi connectivity index (χ2v) is 6.96. The molecule has 0 saturated carbocycles. The fourth-order valence-electron chi connectivity index (χ4n) is 4.04. The number of rotatable bonds is 2.